The van der Waals surface area contributed by atoms with Gasteiger partial charge in [-0.05, 0) is 51.4 Å². The van der Waals surface area contributed by atoms with E-state index in [9.17, 15) is 10.1 Å². The number of anilines is 1. The van der Waals surface area contributed by atoms with E-state index in [2.05, 4.69) is 17.1 Å². The zero-order valence-electron chi connectivity index (χ0n) is 11.6. The summed E-state index contributed by atoms with van der Waals surface area (Å²) in [6.07, 6.45) is 2.56. The maximum Gasteiger partial charge on any atom is 0.271 e. The number of nitrogens with zero attached hydrogens (tertiary/aromatic N) is 2. The first-order chi connectivity index (χ1) is 9.06. The topological polar surface area (TPSA) is 58.4 Å². The second-order valence-corrected chi connectivity index (χ2v) is 5.29. The van der Waals surface area contributed by atoms with Crippen molar-refractivity contribution in [3.05, 3.63) is 33.9 Å². The van der Waals surface area contributed by atoms with Crippen LogP contribution in [-0.4, -0.2) is 35.5 Å². The van der Waals surface area contributed by atoms with Crippen LogP contribution < -0.4 is 5.32 Å². The summed E-state index contributed by atoms with van der Waals surface area (Å²) in [6.45, 7) is 7.22. The van der Waals surface area contributed by atoms with Crippen molar-refractivity contribution >= 4 is 11.4 Å². The third kappa shape index (κ3) is 3.67. The number of benzene rings is 1. The van der Waals surface area contributed by atoms with E-state index in [1.807, 2.05) is 13.0 Å². The van der Waals surface area contributed by atoms with E-state index in [4.69, 9.17) is 0 Å². The normalized spacial score (nSPS) is 17.4. The highest BCUT2D eigenvalue weighted by Gasteiger charge is 2.17. The summed E-state index contributed by atoms with van der Waals surface area (Å²) in [4.78, 5) is 12.9. The van der Waals surface area contributed by atoms with Crippen LogP contribution in [0.2, 0.25) is 0 Å². The fourth-order valence-electron chi connectivity index (χ4n) is 2.55. The molecule has 1 aliphatic rings. The number of hydrogen-bond acceptors (Lipinski definition) is 4. The number of likely N-dealkylation sites (tertiary alicyclic amines) is 1. The van der Waals surface area contributed by atoms with Crippen molar-refractivity contribution in [3.63, 3.8) is 0 Å². The van der Waals surface area contributed by atoms with Crippen LogP contribution in [0.15, 0.2) is 18.2 Å². The Kier molecular flexibility index (Phi) is 4.37. The number of nitrogens with one attached hydrogen (secondary N) is 1. The molecule has 1 unspecified atom stereocenters. The first-order valence-electron chi connectivity index (χ1n) is 6.80. The fraction of sp³-hybridized carbons (Fsp3) is 0.571. The Morgan fingerprint density at radius 2 is 2.05 bits per heavy atom. The molecule has 0 spiro atoms. The summed E-state index contributed by atoms with van der Waals surface area (Å²) in [5.41, 5.74) is 1.89. The van der Waals surface area contributed by atoms with Crippen molar-refractivity contribution < 1.29 is 4.92 Å². The summed E-state index contributed by atoms with van der Waals surface area (Å²) in [7, 11) is 0. The Morgan fingerprint density at radius 1 is 1.37 bits per heavy atom. The summed E-state index contributed by atoms with van der Waals surface area (Å²) in [5.74, 6) is 0. The van der Waals surface area contributed by atoms with Gasteiger partial charge in [-0.15, -0.1) is 0 Å². The van der Waals surface area contributed by atoms with E-state index < -0.39 is 0 Å². The minimum absolute atomic E-state index is 0.149. The van der Waals surface area contributed by atoms with E-state index in [-0.39, 0.29) is 10.6 Å². The molecular weight excluding hydrogens is 242 g/mol. The van der Waals surface area contributed by atoms with E-state index in [1.54, 1.807) is 12.1 Å². The van der Waals surface area contributed by atoms with Crippen molar-refractivity contribution in [1.29, 1.82) is 0 Å². The molecule has 19 heavy (non-hydrogen) atoms. The van der Waals surface area contributed by atoms with Gasteiger partial charge in [0.05, 0.1) is 4.92 Å². The lowest BCUT2D eigenvalue weighted by Crippen LogP contribution is -2.35. The predicted octanol–water partition coefficient (Wildman–Crippen LogP) is 2.80. The molecule has 2 rings (SSSR count). The van der Waals surface area contributed by atoms with Gasteiger partial charge in [0.2, 0.25) is 0 Å². The van der Waals surface area contributed by atoms with Gasteiger partial charge in [0.15, 0.2) is 0 Å². The van der Waals surface area contributed by atoms with Gasteiger partial charge in [-0.1, -0.05) is 0 Å². The van der Waals surface area contributed by atoms with Crippen molar-refractivity contribution in [2.45, 2.75) is 32.7 Å². The second kappa shape index (κ2) is 6.02. The third-order valence-electron chi connectivity index (χ3n) is 3.64. The molecule has 0 aliphatic carbocycles. The van der Waals surface area contributed by atoms with Crippen LogP contribution in [0, 0.1) is 17.0 Å². The number of nitro benzene ring substituents is 1. The molecule has 0 aromatic heterocycles. The molecular formula is C14H21N3O2. The van der Waals surface area contributed by atoms with Gasteiger partial charge in [-0.25, -0.2) is 0 Å². The zero-order chi connectivity index (χ0) is 13.8. The van der Waals surface area contributed by atoms with E-state index in [0.717, 1.165) is 30.9 Å². The standard InChI is InChI=1S/C14H21N3O2/c1-11-7-13(9-14(8-11)17(18)19)15-10-12(2)16-5-3-4-6-16/h7-9,12,15H,3-6,10H2,1-2H3. The fourth-order valence-corrected chi connectivity index (χ4v) is 2.55. The van der Waals surface area contributed by atoms with Gasteiger partial charge in [0.1, 0.15) is 0 Å². The number of rotatable bonds is 5. The highest BCUT2D eigenvalue weighted by atomic mass is 16.6. The van der Waals surface area contributed by atoms with Crippen LogP contribution in [0.3, 0.4) is 0 Å². The molecule has 1 heterocycles. The molecule has 0 bridgehead atoms. The molecule has 1 atom stereocenters. The molecule has 1 aliphatic heterocycles. The average Bonchev–Trinajstić information content (AvgIpc) is 2.89. The Labute approximate surface area is 113 Å². The molecule has 1 fully saturated rings. The first-order valence-corrected chi connectivity index (χ1v) is 6.80. The minimum Gasteiger partial charge on any atom is -0.383 e. The SMILES string of the molecule is Cc1cc(NCC(C)N2CCCC2)cc([N+](=O)[O-])c1. The Hall–Kier alpha value is -1.62. The molecule has 1 saturated heterocycles. The molecule has 0 saturated carbocycles. The lowest BCUT2D eigenvalue weighted by atomic mass is 10.2. The Bertz CT molecular complexity index is 456. The van der Waals surface area contributed by atoms with E-state index in [0.29, 0.717) is 6.04 Å². The smallest absolute Gasteiger partial charge is 0.271 e. The van der Waals surface area contributed by atoms with Gasteiger partial charge >= 0.3 is 0 Å². The van der Waals surface area contributed by atoms with Gasteiger partial charge in [-0.3, -0.25) is 15.0 Å². The highest BCUT2D eigenvalue weighted by molar-refractivity contribution is 5.53. The van der Waals surface area contributed by atoms with E-state index >= 15 is 0 Å². The number of aryl methyl sites for hydroxylation is 1. The summed E-state index contributed by atoms with van der Waals surface area (Å²) in [5, 5.41) is 14.1. The largest absolute Gasteiger partial charge is 0.383 e. The maximum atomic E-state index is 10.8. The zero-order valence-corrected chi connectivity index (χ0v) is 11.6. The maximum absolute atomic E-state index is 10.8. The van der Waals surface area contributed by atoms with Gasteiger partial charge in [0, 0.05) is 30.4 Å². The number of hydrogen-bond donors (Lipinski definition) is 1. The number of nitro groups is 1. The van der Waals surface area contributed by atoms with E-state index in [1.165, 1.54) is 12.8 Å². The molecule has 1 aromatic rings. The van der Waals surface area contributed by atoms with Crippen LogP contribution in [0.1, 0.15) is 25.3 Å². The summed E-state index contributed by atoms with van der Waals surface area (Å²) in [6, 6.07) is 5.60. The third-order valence-corrected chi connectivity index (χ3v) is 3.64. The molecule has 0 radical (unpaired) electrons. The molecule has 5 heteroatoms. The lowest BCUT2D eigenvalue weighted by Gasteiger charge is -2.24. The second-order valence-electron chi connectivity index (χ2n) is 5.29. The van der Waals surface area contributed by atoms with Crippen LogP contribution >= 0.6 is 0 Å². The Balaban J connectivity index is 1.96. The summed E-state index contributed by atoms with van der Waals surface area (Å²) < 4.78 is 0. The lowest BCUT2D eigenvalue weighted by molar-refractivity contribution is -0.384. The molecule has 1 N–H and O–H groups in total. The van der Waals surface area contributed by atoms with Gasteiger partial charge in [-0.2, -0.15) is 0 Å². The van der Waals surface area contributed by atoms with Crippen LogP contribution in [0.4, 0.5) is 11.4 Å². The van der Waals surface area contributed by atoms with Gasteiger partial charge in [0.25, 0.3) is 5.69 Å². The van der Waals surface area contributed by atoms with Gasteiger partial charge < -0.3 is 5.32 Å². The molecule has 5 nitrogen and oxygen atoms in total. The average molecular weight is 263 g/mol. The molecule has 104 valence electrons. The summed E-state index contributed by atoms with van der Waals surface area (Å²) >= 11 is 0. The Morgan fingerprint density at radius 3 is 2.68 bits per heavy atom. The van der Waals surface area contributed by atoms with Crippen LogP contribution in [0.5, 0.6) is 0 Å². The minimum atomic E-state index is -0.345. The first kappa shape index (κ1) is 13.8. The molecule has 1 aromatic carbocycles. The molecule has 0 amide bonds. The van der Waals surface area contributed by atoms with Crippen molar-refractivity contribution in [3.8, 4) is 0 Å². The highest BCUT2D eigenvalue weighted by Crippen LogP contribution is 2.21. The monoisotopic (exact) mass is 263 g/mol. The van der Waals surface area contributed by atoms with Crippen molar-refractivity contribution in [1.82, 2.24) is 4.90 Å². The van der Waals surface area contributed by atoms with Crippen LogP contribution in [-0.2, 0) is 0 Å². The number of non-ortho nitro benzene ring substituents is 1. The van der Waals surface area contributed by atoms with Crippen LogP contribution in [0.25, 0.3) is 0 Å². The van der Waals surface area contributed by atoms with Crippen molar-refractivity contribution in [2.24, 2.45) is 0 Å². The van der Waals surface area contributed by atoms with Crippen molar-refractivity contribution in [2.75, 3.05) is 25.0 Å². The quantitative estimate of drug-likeness (QED) is 0.655. The predicted molar refractivity (Wildman–Crippen MR) is 76.6 cm³/mol.